The number of non-ortho nitro benzene ring substituents is 1. The number of benzene rings is 1. The molecule has 23 heavy (non-hydrogen) atoms. The van der Waals surface area contributed by atoms with Gasteiger partial charge in [0.25, 0.3) is 5.69 Å². The molecule has 1 N–H and O–H groups in total. The highest BCUT2D eigenvalue weighted by atomic mass is 35.5. The highest BCUT2D eigenvalue weighted by molar-refractivity contribution is 6.33. The van der Waals surface area contributed by atoms with E-state index in [1.807, 2.05) is 12.1 Å². The zero-order valence-electron chi connectivity index (χ0n) is 12.1. The highest BCUT2D eigenvalue weighted by Gasteiger charge is 2.39. The largest absolute Gasteiger partial charge is 0.376 e. The van der Waals surface area contributed by atoms with Crippen LogP contribution in [0, 0.1) is 16.0 Å². The molecule has 0 saturated heterocycles. The van der Waals surface area contributed by atoms with Crippen molar-refractivity contribution in [3.8, 4) is 0 Å². The molecule has 116 valence electrons. The van der Waals surface area contributed by atoms with Crippen molar-refractivity contribution >= 4 is 23.0 Å². The van der Waals surface area contributed by atoms with E-state index in [1.165, 1.54) is 6.07 Å². The first kappa shape index (κ1) is 14.2. The zero-order valence-corrected chi connectivity index (χ0v) is 12.9. The average molecular weight is 328 g/mol. The summed E-state index contributed by atoms with van der Waals surface area (Å²) >= 11 is 6.33. The van der Waals surface area contributed by atoms with Crippen molar-refractivity contribution in [3.05, 3.63) is 75.1 Å². The average Bonchev–Trinajstić information content (AvgIpc) is 3.04. The third kappa shape index (κ3) is 2.28. The molecule has 6 heteroatoms. The molecule has 1 aliphatic heterocycles. The van der Waals surface area contributed by atoms with Gasteiger partial charge in [-0.05, 0) is 35.6 Å². The fourth-order valence-electron chi connectivity index (χ4n) is 3.65. The van der Waals surface area contributed by atoms with Gasteiger partial charge in [0.15, 0.2) is 0 Å². The molecule has 3 atom stereocenters. The molecule has 0 radical (unpaired) electrons. The van der Waals surface area contributed by atoms with Gasteiger partial charge in [-0.25, -0.2) is 0 Å². The van der Waals surface area contributed by atoms with E-state index in [9.17, 15) is 10.1 Å². The van der Waals surface area contributed by atoms with Crippen LogP contribution >= 0.6 is 11.6 Å². The van der Waals surface area contributed by atoms with Crippen molar-refractivity contribution in [3.63, 3.8) is 0 Å². The van der Waals surface area contributed by atoms with Crippen molar-refractivity contribution < 1.29 is 4.92 Å². The summed E-state index contributed by atoms with van der Waals surface area (Å²) in [5.74, 6) is 0.463. The van der Waals surface area contributed by atoms with Crippen LogP contribution in [0.4, 0.5) is 11.4 Å². The zero-order chi connectivity index (χ0) is 16.0. The molecule has 4 rings (SSSR count). The normalized spacial score (nSPS) is 24.7. The van der Waals surface area contributed by atoms with Gasteiger partial charge in [0, 0.05) is 30.4 Å². The Hall–Kier alpha value is -2.40. The molecule has 2 heterocycles. The number of aromatic nitrogens is 1. The van der Waals surface area contributed by atoms with Gasteiger partial charge in [0.2, 0.25) is 0 Å². The molecule has 0 unspecified atom stereocenters. The van der Waals surface area contributed by atoms with E-state index in [1.54, 1.807) is 18.5 Å². The lowest BCUT2D eigenvalue weighted by molar-refractivity contribution is -0.384. The minimum absolute atomic E-state index is 0.0389. The number of pyridine rings is 1. The summed E-state index contributed by atoms with van der Waals surface area (Å²) in [5.41, 5.74) is 2.90. The summed E-state index contributed by atoms with van der Waals surface area (Å²) in [6.45, 7) is 0. The number of hydrogen-bond donors (Lipinski definition) is 1. The summed E-state index contributed by atoms with van der Waals surface area (Å²) in [6, 6.07) is 7.17. The smallest absolute Gasteiger partial charge is 0.271 e. The van der Waals surface area contributed by atoms with Crippen LogP contribution in [-0.2, 0) is 0 Å². The predicted octanol–water partition coefficient (Wildman–Crippen LogP) is 4.47. The van der Waals surface area contributed by atoms with Crippen LogP contribution in [0.15, 0.2) is 48.8 Å². The first-order valence-corrected chi connectivity index (χ1v) is 7.84. The van der Waals surface area contributed by atoms with Crippen LogP contribution in [0.1, 0.15) is 29.5 Å². The third-order valence-corrected chi connectivity index (χ3v) is 4.98. The summed E-state index contributed by atoms with van der Waals surface area (Å²) < 4.78 is 0. The van der Waals surface area contributed by atoms with Crippen LogP contribution in [0.25, 0.3) is 0 Å². The molecule has 0 saturated carbocycles. The van der Waals surface area contributed by atoms with Gasteiger partial charge in [-0.1, -0.05) is 23.8 Å². The second-order valence-corrected chi connectivity index (χ2v) is 6.31. The van der Waals surface area contributed by atoms with Gasteiger partial charge in [0.05, 0.1) is 21.7 Å². The van der Waals surface area contributed by atoms with Crippen LogP contribution in [0.5, 0.6) is 0 Å². The number of hydrogen-bond acceptors (Lipinski definition) is 4. The van der Waals surface area contributed by atoms with Gasteiger partial charge < -0.3 is 5.32 Å². The number of allylic oxidation sites excluding steroid dienone is 2. The van der Waals surface area contributed by atoms with Crippen molar-refractivity contribution in [1.29, 1.82) is 0 Å². The van der Waals surface area contributed by atoms with Gasteiger partial charge >= 0.3 is 0 Å². The molecular weight excluding hydrogens is 314 g/mol. The van der Waals surface area contributed by atoms with Crippen LogP contribution < -0.4 is 5.32 Å². The standard InChI is InChI=1S/C17H14ClN3O2/c18-15-9-11(21(22)23)8-14-12-2-1-3-13(12)16(20-17(14)15)10-4-6-19-7-5-10/h1-2,4-9,12-13,16,20H,3H2/t12-,13+,16+/m1/s1. The lowest BCUT2D eigenvalue weighted by Gasteiger charge is -2.37. The van der Waals surface area contributed by atoms with Crippen molar-refractivity contribution in [2.24, 2.45) is 5.92 Å². The number of anilines is 1. The molecule has 1 aromatic carbocycles. The summed E-state index contributed by atoms with van der Waals surface area (Å²) in [7, 11) is 0. The lowest BCUT2D eigenvalue weighted by Crippen LogP contribution is -2.29. The van der Waals surface area contributed by atoms with Gasteiger partial charge in [-0.3, -0.25) is 15.1 Å². The highest BCUT2D eigenvalue weighted by Crippen LogP contribution is 2.52. The predicted molar refractivity (Wildman–Crippen MR) is 88.7 cm³/mol. The Morgan fingerprint density at radius 3 is 2.83 bits per heavy atom. The maximum Gasteiger partial charge on any atom is 0.271 e. The fourth-order valence-corrected chi connectivity index (χ4v) is 3.92. The van der Waals surface area contributed by atoms with E-state index >= 15 is 0 Å². The molecule has 2 aromatic rings. The monoisotopic (exact) mass is 327 g/mol. The topological polar surface area (TPSA) is 68.1 Å². The first-order valence-electron chi connectivity index (χ1n) is 7.46. The molecule has 0 amide bonds. The Morgan fingerprint density at radius 1 is 1.30 bits per heavy atom. The lowest BCUT2D eigenvalue weighted by atomic mass is 9.77. The van der Waals surface area contributed by atoms with E-state index in [0.717, 1.165) is 23.2 Å². The first-order chi connectivity index (χ1) is 11.1. The number of nitrogens with one attached hydrogen (secondary N) is 1. The van der Waals surface area contributed by atoms with E-state index in [4.69, 9.17) is 11.6 Å². The maximum absolute atomic E-state index is 11.1. The van der Waals surface area contributed by atoms with E-state index in [0.29, 0.717) is 10.9 Å². The quantitative estimate of drug-likeness (QED) is 0.502. The fraction of sp³-hybridized carbons (Fsp3) is 0.235. The Bertz CT molecular complexity index is 807. The van der Waals surface area contributed by atoms with Gasteiger partial charge in [0.1, 0.15) is 0 Å². The molecule has 1 aliphatic carbocycles. The minimum Gasteiger partial charge on any atom is -0.376 e. The Morgan fingerprint density at radius 2 is 2.09 bits per heavy atom. The summed E-state index contributed by atoms with van der Waals surface area (Å²) in [5, 5.41) is 15.0. The Kier molecular flexibility index (Phi) is 3.31. The van der Waals surface area contributed by atoms with Gasteiger partial charge in [-0.2, -0.15) is 0 Å². The van der Waals surface area contributed by atoms with Crippen molar-refractivity contribution in [1.82, 2.24) is 4.98 Å². The number of halogens is 1. The van der Waals surface area contributed by atoms with Crippen LogP contribution in [-0.4, -0.2) is 9.91 Å². The summed E-state index contributed by atoms with van der Waals surface area (Å²) in [6.07, 6.45) is 8.78. The Balaban J connectivity index is 1.84. The number of nitro groups is 1. The third-order valence-electron chi connectivity index (χ3n) is 4.68. The second kappa shape index (κ2) is 5.35. The maximum atomic E-state index is 11.1. The van der Waals surface area contributed by atoms with Crippen LogP contribution in [0.3, 0.4) is 0 Å². The number of fused-ring (bicyclic) bond motifs is 3. The Labute approximate surface area is 138 Å². The second-order valence-electron chi connectivity index (χ2n) is 5.90. The molecule has 0 spiro atoms. The molecule has 1 aromatic heterocycles. The van der Waals surface area contributed by atoms with Crippen molar-refractivity contribution in [2.75, 3.05) is 5.32 Å². The number of nitrogens with zero attached hydrogens (tertiary/aromatic N) is 2. The van der Waals surface area contributed by atoms with E-state index in [2.05, 4.69) is 22.5 Å². The number of nitro benzene ring substituents is 1. The van der Waals surface area contributed by atoms with Crippen LogP contribution in [0.2, 0.25) is 5.02 Å². The number of rotatable bonds is 2. The molecular formula is C17H14ClN3O2. The van der Waals surface area contributed by atoms with Crippen molar-refractivity contribution in [2.45, 2.75) is 18.4 Å². The van der Waals surface area contributed by atoms with E-state index < -0.39 is 4.92 Å². The van der Waals surface area contributed by atoms with E-state index in [-0.39, 0.29) is 17.6 Å². The minimum atomic E-state index is -0.394. The van der Waals surface area contributed by atoms with Gasteiger partial charge in [-0.15, -0.1) is 0 Å². The molecule has 0 bridgehead atoms. The molecule has 5 nitrogen and oxygen atoms in total. The summed E-state index contributed by atoms with van der Waals surface area (Å²) in [4.78, 5) is 14.8. The molecule has 0 fully saturated rings. The molecule has 2 aliphatic rings. The SMILES string of the molecule is O=[N+]([O-])c1cc(Cl)c2c(c1)[C@@H]1C=CC[C@@H]1[C@H](c1ccncc1)N2.